The Labute approximate surface area is 217 Å². The zero-order valence-electron chi connectivity index (χ0n) is 20.6. The lowest BCUT2D eigenvalue weighted by Gasteiger charge is -2.09. The molecule has 0 aliphatic rings. The van der Waals surface area contributed by atoms with Gasteiger partial charge >= 0.3 is 5.97 Å². The Morgan fingerprint density at radius 2 is 1.34 bits per heavy atom. The largest absolute Gasteiger partial charge is 0.497 e. The Bertz CT molecular complexity index is 1290. The molecular weight excluding hydrogens is 498 g/mol. The van der Waals surface area contributed by atoms with E-state index in [0.29, 0.717) is 28.7 Å². The van der Waals surface area contributed by atoms with Crippen molar-refractivity contribution in [1.82, 2.24) is 0 Å². The van der Waals surface area contributed by atoms with E-state index in [-0.39, 0.29) is 24.2 Å². The fourth-order valence-electron chi connectivity index (χ4n) is 3.13. The molecule has 0 aromatic heterocycles. The number of carbonyl (C=O) groups excluding carboxylic acids is 3. The molecule has 0 aliphatic heterocycles. The summed E-state index contributed by atoms with van der Waals surface area (Å²) in [7, 11) is 2.95. The number of nitro benzene ring substituents is 1. The summed E-state index contributed by atoms with van der Waals surface area (Å²) in [6.45, 7) is -0.676. The molecule has 0 saturated heterocycles. The van der Waals surface area contributed by atoms with Crippen molar-refractivity contribution < 1.29 is 38.3 Å². The van der Waals surface area contributed by atoms with Gasteiger partial charge in [-0.1, -0.05) is 0 Å². The van der Waals surface area contributed by atoms with Crippen LogP contribution >= 0.6 is 0 Å². The highest BCUT2D eigenvalue weighted by Crippen LogP contribution is 2.29. The predicted octanol–water partition coefficient (Wildman–Crippen LogP) is 4.30. The van der Waals surface area contributed by atoms with Gasteiger partial charge in [-0.3, -0.25) is 24.5 Å². The van der Waals surface area contributed by atoms with Gasteiger partial charge in [0, 0.05) is 24.2 Å². The van der Waals surface area contributed by atoms with E-state index in [1.807, 2.05) is 0 Å². The summed E-state index contributed by atoms with van der Waals surface area (Å²) in [5.74, 6) is 0.207. The Balaban J connectivity index is 1.40. The highest BCUT2D eigenvalue weighted by molar-refractivity contribution is 5.96. The van der Waals surface area contributed by atoms with Gasteiger partial charge in [-0.05, 0) is 54.6 Å². The number of nitrogens with one attached hydrogen (secondary N) is 2. The van der Waals surface area contributed by atoms with Crippen molar-refractivity contribution in [3.05, 3.63) is 76.8 Å². The topological polar surface area (TPSA) is 155 Å². The molecule has 0 heterocycles. The fraction of sp³-hybridized carbons (Fsp3) is 0.192. The average molecular weight is 523 g/mol. The third-order valence-corrected chi connectivity index (χ3v) is 5.03. The van der Waals surface area contributed by atoms with Crippen LogP contribution in [0.5, 0.6) is 23.0 Å². The summed E-state index contributed by atoms with van der Waals surface area (Å²) in [5, 5.41) is 16.1. The van der Waals surface area contributed by atoms with Crippen LogP contribution in [0.3, 0.4) is 0 Å². The number of nitro groups is 1. The van der Waals surface area contributed by atoms with Crippen molar-refractivity contribution in [3.8, 4) is 23.0 Å². The molecule has 12 heteroatoms. The number of anilines is 2. The van der Waals surface area contributed by atoms with E-state index in [1.165, 1.54) is 25.3 Å². The van der Waals surface area contributed by atoms with Gasteiger partial charge in [0.2, 0.25) is 5.91 Å². The van der Waals surface area contributed by atoms with Gasteiger partial charge in [-0.25, -0.2) is 0 Å². The van der Waals surface area contributed by atoms with Crippen LogP contribution in [0.4, 0.5) is 17.1 Å². The van der Waals surface area contributed by atoms with E-state index in [9.17, 15) is 24.5 Å². The molecule has 3 aromatic rings. The number of nitrogens with zero attached hydrogens (tertiary/aromatic N) is 1. The SMILES string of the molecule is COc1ccc(Oc2ccc(NC(=O)CCC(=O)OCC(=O)Nc3cc(OC)ccc3[N+](=O)[O-])cc2)cc1. The number of ether oxygens (including phenoxy) is 4. The van der Waals surface area contributed by atoms with Gasteiger partial charge in [-0.2, -0.15) is 0 Å². The van der Waals surface area contributed by atoms with E-state index in [4.69, 9.17) is 18.9 Å². The predicted molar refractivity (Wildman–Crippen MR) is 137 cm³/mol. The summed E-state index contributed by atoms with van der Waals surface area (Å²) < 4.78 is 20.7. The number of hydrogen-bond acceptors (Lipinski definition) is 9. The molecule has 0 bridgehead atoms. The summed E-state index contributed by atoms with van der Waals surface area (Å²) in [5.41, 5.74) is 0.0578. The molecular formula is C26H25N3O9. The van der Waals surface area contributed by atoms with E-state index in [1.54, 1.807) is 55.6 Å². The Kier molecular flexibility index (Phi) is 9.58. The van der Waals surface area contributed by atoms with Gasteiger partial charge in [-0.15, -0.1) is 0 Å². The number of benzene rings is 3. The van der Waals surface area contributed by atoms with Crippen molar-refractivity contribution in [2.75, 3.05) is 31.5 Å². The molecule has 3 rings (SSSR count). The van der Waals surface area contributed by atoms with E-state index in [2.05, 4.69) is 10.6 Å². The van der Waals surface area contributed by atoms with Gasteiger partial charge in [0.1, 0.15) is 28.7 Å². The smallest absolute Gasteiger partial charge is 0.306 e. The molecule has 0 spiro atoms. The lowest BCUT2D eigenvalue weighted by molar-refractivity contribution is -0.383. The molecule has 0 saturated carbocycles. The van der Waals surface area contributed by atoms with Crippen molar-refractivity contribution in [2.45, 2.75) is 12.8 Å². The Morgan fingerprint density at radius 3 is 1.95 bits per heavy atom. The number of carbonyl (C=O) groups is 3. The maximum atomic E-state index is 12.2. The molecule has 38 heavy (non-hydrogen) atoms. The lowest BCUT2D eigenvalue weighted by Crippen LogP contribution is -2.22. The van der Waals surface area contributed by atoms with Crippen LogP contribution in [0.15, 0.2) is 66.7 Å². The second kappa shape index (κ2) is 13.3. The monoisotopic (exact) mass is 523 g/mol. The minimum absolute atomic E-state index is 0.102. The highest BCUT2D eigenvalue weighted by Gasteiger charge is 2.18. The van der Waals surface area contributed by atoms with Crippen LogP contribution in [0.1, 0.15) is 12.8 Å². The average Bonchev–Trinajstić information content (AvgIpc) is 2.92. The summed E-state index contributed by atoms with van der Waals surface area (Å²) in [6, 6.07) is 17.6. The van der Waals surface area contributed by atoms with E-state index in [0.717, 1.165) is 0 Å². The Morgan fingerprint density at radius 1 is 0.763 bits per heavy atom. The molecule has 2 amide bonds. The summed E-state index contributed by atoms with van der Waals surface area (Å²) >= 11 is 0. The third-order valence-electron chi connectivity index (χ3n) is 5.03. The number of rotatable bonds is 12. The third kappa shape index (κ3) is 8.22. The van der Waals surface area contributed by atoms with Crippen molar-refractivity contribution in [3.63, 3.8) is 0 Å². The summed E-state index contributed by atoms with van der Waals surface area (Å²) in [4.78, 5) is 46.7. The van der Waals surface area contributed by atoms with Gasteiger partial charge in [0.25, 0.3) is 11.6 Å². The van der Waals surface area contributed by atoms with Crippen molar-refractivity contribution in [1.29, 1.82) is 0 Å². The molecule has 12 nitrogen and oxygen atoms in total. The molecule has 2 N–H and O–H groups in total. The highest BCUT2D eigenvalue weighted by atomic mass is 16.6. The van der Waals surface area contributed by atoms with Crippen LogP contribution in [0.2, 0.25) is 0 Å². The molecule has 0 atom stereocenters. The number of hydrogen-bond donors (Lipinski definition) is 2. The second-order valence-electron chi connectivity index (χ2n) is 7.70. The minimum Gasteiger partial charge on any atom is -0.497 e. The standard InChI is InChI=1S/C26H25N3O9/c1-35-18-7-9-20(10-8-18)38-19-5-3-17(4-6-19)27-24(30)13-14-26(32)37-16-25(31)28-22-15-21(36-2)11-12-23(22)29(33)34/h3-12,15H,13-14,16H2,1-2H3,(H,27,30)(H,28,31). The second-order valence-corrected chi connectivity index (χ2v) is 7.70. The molecule has 0 fully saturated rings. The van der Waals surface area contributed by atoms with Crippen LogP contribution < -0.4 is 24.8 Å². The molecule has 3 aromatic carbocycles. The van der Waals surface area contributed by atoms with E-state index < -0.39 is 29.3 Å². The first-order valence-electron chi connectivity index (χ1n) is 11.3. The zero-order valence-corrected chi connectivity index (χ0v) is 20.6. The van der Waals surface area contributed by atoms with Gasteiger partial charge in [0.15, 0.2) is 6.61 Å². The number of amides is 2. The first-order valence-corrected chi connectivity index (χ1v) is 11.3. The normalized spacial score (nSPS) is 10.2. The number of esters is 1. The molecule has 0 radical (unpaired) electrons. The van der Waals surface area contributed by atoms with Gasteiger partial charge < -0.3 is 29.6 Å². The molecule has 0 unspecified atom stereocenters. The van der Waals surface area contributed by atoms with Gasteiger partial charge in [0.05, 0.1) is 25.6 Å². The van der Waals surface area contributed by atoms with Crippen LogP contribution in [-0.4, -0.2) is 43.5 Å². The maximum Gasteiger partial charge on any atom is 0.306 e. The lowest BCUT2D eigenvalue weighted by atomic mass is 10.2. The quantitative estimate of drug-likeness (QED) is 0.201. The van der Waals surface area contributed by atoms with Crippen LogP contribution in [-0.2, 0) is 19.1 Å². The number of methoxy groups -OCH3 is 2. The first-order chi connectivity index (χ1) is 18.3. The Hall–Kier alpha value is -5.13. The zero-order chi connectivity index (χ0) is 27.5. The van der Waals surface area contributed by atoms with Crippen molar-refractivity contribution in [2.24, 2.45) is 0 Å². The first kappa shape index (κ1) is 27.5. The van der Waals surface area contributed by atoms with Crippen LogP contribution in [0, 0.1) is 10.1 Å². The van der Waals surface area contributed by atoms with Crippen molar-refractivity contribution >= 4 is 34.8 Å². The van der Waals surface area contributed by atoms with E-state index >= 15 is 0 Å². The molecule has 198 valence electrons. The summed E-state index contributed by atoms with van der Waals surface area (Å²) in [6.07, 6.45) is -0.441. The fourth-order valence-corrected chi connectivity index (χ4v) is 3.13. The molecule has 0 aliphatic carbocycles. The maximum absolute atomic E-state index is 12.2. The van der Waals surface area contributed by atoms with Crippen LogP contribution in [0.25, 0.3) is 0 Å². The minimum atomic E-state index is -0.781.